The lowest BCUT2D eigenvalue weighted by molar-refractivity contribution is 0.288. The van der Waals surface area contributed by atoms with Crippen LogP contribution in [0.5, 0.6) is 5.75 Å². The SMILES string of the molecule is CCc1ccsc1C(Cl)c1ccc2c(c1)CCCO2. The van der Waals surface area contributed by atoms with E-state index in [1.807, 2.05) is 0 Å². The molecule has 0 bridgehead atoms. The molecule has 1 aromatic carbocycles. The number of thiophene rings is 1. The van der Waals surface area contributed by atoms with Gasteiger partial charge in [-0.2, -0.15) is 0 Å². The van der Waals surface area contributed by atoms with Crippen LogP contribution in [0.4, 0.5) is 0 Å². The summed E-state index contributed by atoms with van der Waals surface area (Å²) in [7, 11) is 0. The fourth-order valence-corrected chi connectivity index (χ4v) is 3.98. The molecule has 2 heterocycles. The molecule has 1 atom stereocenters. The van der Waals surface area contributed by atoms with E-state index in [2.05, 4.69) is 36.6 Å². The van der Waals surface area contributed by atoms with Crippen molar-refractivity contribution in [2.75, 3.05) is 6.61 Å². The maximum absolute atomic E-state index is 6.67. The number of benzene rings is 1. The van der Waals surface area contributed by atoms with Gasteiger partial charge in [0.2, 0.25) is 0 Å². The van der Waals surface area contributed by atoms with E-state index in [9.17, 15) is 0 Å². The summed E-state index contributed by atoms with van der Waals surface area (Å²) in [6.45, 7) is 3.01. The Morgan fingerprint density at radius 3 is 3.11 bits per heavy atom. The highest BCUT2D eigenvalue weighted by Gasteiger charge is 2.18. The second-order valence-electron chi connectivity index (χ2n) is 4.85. The molecule has 19 heavy (non-hydrogen) atoms. The van der Waals surface area contributed by atoms with Gasteiger partial charge in [0.1, 0.15) is 5.75 Å². The molecule has 100 valence electrons. The van der Waals surface area contributed by atoms with Gasteiger partial charge in [-0.1, -0.05) is 19.1 Å². The third kappa shape index (κ3) is 2.52. The van der Waals surface area contributed by atoms with Gasteiger partial charge >= 0.3 is 0 Å². The molecule has 3 rings (SSSR count). The molecule has 0 amide bonds. The summed E-state index contributed by atoms with van der Waals surface area (Å²) >= 11 is 8.42. The van der Waals surface area contributed by atoms with Crippen molar-refractivity contribution >= 4 is 22.9 Å². The second-order valence-corrected chi connectivity index (χ2v) is 6.23. The summed E-state index contributed by atoms with van der Waals surface area (Å²) in [6, 6.07) is 8.56. The molecule has 1 aliphatic heterocycles. The highest BCUT2D eigenvalue weighted by Crippen LogP contribution is 2.37. The van der Waals surface area contributed by atoms with Crippen molar-refractivity contribution in [1.29, 1.82) is 0 Å². The first-order valence-corrected chi connectivity index (χ1v) is 8.07. The van der Waals surface area contributed by atoms with E-state index in [4.69, 9.17) is 16.3 Å². The van der Waals surface area contributed by atoms with Gasteiger partial charge in [-0.25, -0.2) is 0 Å². The third-order valence-corrected chi connectivity index (χ3v) is 5.24. The van der Waals surface area contributed by atoms with Gasteiger partial charge in [-0.05, 0) is 53.5 Å². The number of aryl methyl sites for hydroxylation is 2. The van der Waals surface area contributed by atoms with Crippen molar-refractivity contribution in [3.05, 3.63) is 51.2 Å². The Bertz CT molecular complexity index is 576. The van der Waals surface area contributed by atoms with E-state index in [1.54, 1.807) is 11.3 Å². The van der Waals surface area contributed by atoms with Gasteiger partial charge in [0.15, 0.2) is 0 Å². The molecule has 3 heteroatoms. The molecule has 0 aliphatic carbocycles. The molecule has 2 aromatic rings. The number of fused-ring (bicyclic) bond motifs is 1. The first-order chi connectivity index (χ1) is 9.29. The van der Waals surface area contributed by atoms with Crippen molar-refractivity contribution in [2.24, 2.45) is 0 Å². The number of rotatable bonds is 3. The van der Waals surface area contributed by atoms with Crippen molar-refractivity contribution in [3.63, 3.8) is 0 Å². The van der Waals surface area contributed by atoms with E-state index >= 15 is 0 Å². The standard InChI is InChI=1S/C16H17ClOS/c1-2-11-7-9-19-16(11)15(17)13-5-6-14-12(10-13)4-3-8-18-14/h5-7,9-10,15H,2-4,8H2,1H3. The zero-order chi connectivity index (χ0) is 13.2. The lowest BCUT2D eigenvalue weighted by Gasteiger charge is -2.19. The minimum atomic E-state index is -0.0397. The molecule has 0 saturated heterocycles. The Hall–Kier alpha value is -0.990. The van der Waals surface area contributed by atoms with Gasteiger partial charge in [-0.3, -0.25) is 0 Å². The molecule has 0 spiro atoms. The Balaban J connectivity index is 1.93. The summed E-state index contributed by atoms with van der Waals surface area (Å²) in [5, 5.41) is 2.09. The lowest BCUT2D eigenvalue weighted by Crippen LogP contribution is -2.09. The van der Waals surface area contributed by atoms with Crippen molar-refractivity contribution in [2.45, 2.75) is 31.6 Å². The van der Waals surface area contributed by atoms with Gasteiger partial charge in [0, 0.05) is 4.88 Å². The lowest BCUT2D eigenvalue weighted by atomic mass is 10.00. The van der Waals surface area contributed by atoms with Crippen molar-refractivity contribution in [3.8, 4) is 5.75 Å². The fraction of sp³-hybridized carbons (Fsp3) is 0.375. The summed E-state index contributed by atoms with van der Waals surface area (Å²) in [4.78, 5) is 1.28. The van der Waals surface area contributed by atoms with Crippen LogP contribution in [-0.2, 0) is 12.8 Å². The van der Waals surface area contributed by atoms with Crippen LogP contribution in [0.3, 0.4) is 0 Å². The van der Waals surface area contributed by atoms with Crippen LogP contribution < -0.4 is 4.74 Å². The predicted octanol–water partition coefficient (Wildman–Crippen LogP) is 4.96. The predicted molar refractivity (Wildman–Crippen MR) is 81.7 cm³/mol. The van der Waals surface area contributed by atoms with E-state index in [1.165, 1.54) is 21.6 Å². The molecular weight excluding hydrogens is 276 g/mol. The Kier molecular flexibility index (Phi) is 3.81. The molecule has 1 aliphatic rings. The zero-order valence-electron chi connectivity index (χ0n) is 11.0. The number of alkyl halides is 1. The first-order valence-electron chi connectivity index (χ1n) is 6.75. The van der Waals surface area contributed by atoms with Crippen LogP contribution in [0.1, 0.15) is 40.3 Å². The molecule has 0 fully saturated rings. The van der Waals surface area contributed by atoms with Crippen LogP contribution in [0.25, 0.3) is 0 Å². The van der Waals surface area contributed by atoms with Crippen molar-refractivity contribution in [1.82, 2.24) is 0 Å². The summed E-state index contributed by atoms with van der Waals surface area (Å²) < 4.78 is 5.65. The van der Waals surface area contributed by atoms with Gasteiger partial charge in [0.25, 0.3) is 0 Å². The maximum atomic E-state index is 6.67. The average molecular weight is 293 g/mol. The van der Waals surface area contributed by atoms with E-state index in [0.29, 0.717) is 0 Å². The first kappa shape index (κ1) is 13.0. The zero-order valence-corrected chi connectivity index (χ0v) is 12.6. The number of halogens is 1. The quantitative estimate of drug-likeness (QED) is 0.726. The van der Waals surface area contributed by atoms with Crippen LogP contribution in [0, 0.1) is 0 Å². The molecule has 0 N–H and O–H groups in total. The summed E-state index contributed by atoms with van der Waals surface area (Å²) in [6.07, 6.45) is 3.23. The van der Waals surface area contributed by atoms with Crippen molar-refractivity contribution < 1.29 is 4.74 Å². The minimum Gasteiger partial charge on any atom is -0.493 e. The van der Waals surface area contributed by atoms with Gasteiger partial charge < -0.3 is 4.74 Å². The maximum Gasteiger partial charge on any atom is 0.122 e. The molecular formula is C16H17ClOS. The number of hydrogen-bond acceptors (Lipinski definition) is 2. The van der Waals surface area contributed by atoms with Gasteiger partial charge in [-0.15, -0.1) is 22.9 Å². The normalized spacial score (nSPS) is 15.7. The van der Waals surface area contributed by atoms with E-state index in [0.717, 1.165) is 31.6 Å². The fourth-order valence-electron chi connectivity index (χ4n) is 2.55. The third-order valence-electron chi connectivity index (χ3n) is 3.62. The Morgan fingerprint density at radius 1 is 1.37 bits per heavy atom. The summed E-state index contributed by atoms with van der Waals surface area (Å²) in [5.74, 6) is 1.03. The number of ether oxygens (including phenoxy) is 1. The second kappa shape index (κ2) is 5.56. The summed E-state index contributed by atoms with van der Waals surface area (Å²) in [5.41, 5.74) is 3.84. The molecule has 1 nitrogen and oxygen atoms in total. The average Bonchev–Trinajstić information content (AvgIpc) is 2.94. The molecule has 0 saturated carbocycles. The highest BCUT2D eigenvalue weighted by molar-refractivity contribution is 7.10. The Labute approximate surface area is 123 Å². The minimum absolute atomic E-state index is 0.0397. The van der Waals surface area contributed by atoms with Crippen LogP contribution in [0.2, 0.25) is 0 Å². The van der Waals surface area contributed by atoms with E-state index in [-0.39, 0.29) is 5.38 Å². The molecule has 0 radical (unpaired) electrons. The van der Waals surface area contributed by atoms with Crippen LogP contribution >= 0.6 is 22.9 Å². The van der Waals surface area contributed by atoms with Crippen LogP contribution in [0.15, 0.2) is 29.6 Å². The molecule has 1 unspecified atom stereocenters. The number of hydrogen-bond donors (Lipinski definition) is 0. The monoisotopic (exact) mass is 292 g/mol. The smallest absolute Gasteiger partial charge is 0.122 e. The Morgan fingerprint density at radius 2 is 2.26 bits per heavy atom. The largest absolute Gasteiger partial charge is 0.493 e. The topological polar surface area (TPSA) is 9.23 Å². The van der Waals surface area contributed by atoms with E-state index < -0.39 is 0 Å². The van der Waals surface area contributed by atoms with Crippen LogP contribution in [-0.4, -0.2) is 6.61 Å². The highest BCUT2D eigenvalue weighted by atomic mass is 35.5. The molecule has 1 aromatic heterocycles. The van der Waals surface area contributed by atoms with Gasteiger partial charge in [0.05, 0.1) is 12.0 Å².